The van der Waals surface area contributed by atoms with Gasteiger partial charge >= 0.3 is 0 Å². The molecular weight excluding hydrogens is 232 g/mol. The van der Waals surface area contributed by atoms with Gasteiger partial charge in [0.15, 0.2) is 0 Å². The standard InChI is InChI=1S/C13H22N2OS/c1-3-16-13(8-6-4-5-7-9-13)12-15-11(14)10(2)17-12/h3-9,14H2,1-2H3. The number of anilines is 1. The number of hydrogen-bond acceptors (Lipinski definition) is 4. The van der Waals surface area contributed by atoms with Crippen LogP contribution in [-0.4, -0.2) is 11.6 Å². The van der Waals surface area contributed by atoms with E-state index in [2.05, 4.69) is 11.9 Å². The fraction of sp³-hybridized carbons (Fsp3) is 0.769. The Hall–Kier alpha value is -0.610. The van der Waals surface area contributed by atoms with E-state index in [1.54, 1.807) is 11.3 Å². The summed E-state index contributed by atoms with van der Waals surface area (Å²) in [6, 6.07) is 0. The number of aryl methyl sites for hydroxylation is 1. The van der Waals surface area contributed by atoms with Crippen molar-refractivity contribution >= 4 is 17.2 Å². The van der Waals surface area contributed by atoms with Crippen LogP contribution in [0.15, 0.2) is 0 Å². The first-order chi connectivity index (χ1) is 8.18. The Balaban J connectivity index is 2.31. The van der Waals surface area contributed by atoms with E-state index in [1.807, 2.05) is 6.92 Å². The number of hydrogen-bond donors (Lipinski definition) is 1. The first-order valence-corrected chi connectivity index (χ1v) is 7.37. The fourth-order valence-corrected chi connectivity index (χ4v) is 3.63. The maximum Gasteiger partial charge on any atom is 0.137 e. The normalized spacial score (nSPS) is 20.1. The van der Waals surface area contributed by atoms with Crippen molar-refractivity contribution in [2.24, 2.45) is 0 Å². The molecule has 3 nitrogen and oxygen atoms in total. The molecule has 0 unspecified atom stereocenters. The van der Waals surface area contributed by atoms with Crippen molar-refractivity contribution < 1.29 is 4.74 Å². The molecule has 0 saturated heterocycles. The zero-order valence-electron chi connectivity index (χ0n) is 10.8. The van der Waals surface area contributed by atoms with E-state index in [0.29, 0.717) is 5.82 Å². The maximum absolute atomic E-state index is 6.10. The zero-order valence-corrected chi connectivity index (χ0v) is 11.6. The molecular formula is C13H22N2OS. The predicted octanol–water partition coefficient (Wildman–Crippen LogP) is 3.62. The molecule has 1 heterocycles. The van der Waals surface area contributed by atoms with E-state index in [9.17, 15) is 0 Å². The molecule has 1 fully saturated rings. The lowest BCUT2D eigenvalue weighted by molar-refractivity contribution is -0.0559. The molecule has 0 aromatic carbocycles. The monoisotopic (exact) mass is 254 g/mol. The molecule has 2 rings (SSSR count). The lowest BCUT2D eigenvalue weighted by Gasteiger charge is -2.30. The van der Waals surface area contributed by atoms with Gasteiger partial charge in [-0.3, -0.25) is 0 Å². The van der Waals surface area contributed by atoms with Gasteiger partial charge < -0.3 is 10.5 Å². The minimum absolute atomic E-state index is 0.154. The summed E-state index contributed by atoms with van der Waals surface area (Å²) < 4.78 is 6.10. The predicted molar refractivity (Wildman–Crippen MR) is 72.3 cm³/mol. The summed E-state index contributed by atoms with van der Waals surface area (Å²) in [4.78, 5) is 5.65. The van der Waals surface area contributed by atoms with E-state index in [1.165, 1.54) is 25.7 Å². The van der Waals surface area contributed by atoms with E-state index in [0.717, 1.165) is 29.3 Å². The van der Waals surface area contributed by atoms with E-state index >= 15 is 0 Å². The van der Waals surface area contributed by atoms with Crippen molar-refractivity contribution in [2.75, 3.05) is 12.3 Å². The second-order valence-corrected chi connectivity index (χ2v) is 6.01. The van der Waals surface area contributed by atoms with Crippen molar-refractivity contribution in [3.8, 4) is 0 Å². The molecule has 96 valence electrons. The number of thiazole rings is 1. The third kappa shape index (κ3) is 2.63. The molecule has 17 heavy (non-hydrogen) atoms. The lowest BCUT2D eigenvalue weighted by atomic mass is 9.95. The number of nitrogens with two attached hydrogens (primary N) is 1. The van der Waals surface area contributed by atoms with E-state index in [-0.39, 0.29) is 5.60 Å². The van der Waals surface area contributed by atoms with Gasteiger partial charge in [0.25, 0.3) is 0 Å². The van der Waals surface area contributed by atoms with Crippen LogP contribution >= 0.6 is 11.3 Å². The third-order valence-electron chi connectivity index (χ3n) is 3.55. The molecule has 1 aromatic heterocycles. The number of rotatable bonds is 3. The fourth-order valence-electron chi connectivity index (χ4n) is 2.60. The van der Waals surface area contributed by atoms with Gasteiger partial charge in [0.1, 0.15) is 16.4 Å². The highest BCUT2D eigenvalue weighted by Crippen LogP contribution is 2.42. The summed E-state index contributed by atoms with van der Waals surface area (Å²) in [7, 11) is 0. The Morgan fingerprint density at radius 3 is 2.41 bits per heavy atom. The van der Waals surface area contributed by atoms with Crippen LogP contribution < -0.4 is 5.73 Å². The Kier molecular flexibility index (Phi) is 4.05. The third-order valence-corrected chi connectivity index (χ3v) is 4.73. The quantitative estimate of drug-likeness (QED) is 0.838. The van der Waals surface area contributed by atoms with Gasteiger partial charge in [-0.25, -0.2) is 4.98 Å². The number of nitrogen functional groups attached to an aromatic ring is 1. The SMILES string of the molecule is CCOC1(c2nc(N)c(C)s2)CCCCCC1. The zero-order chi connectivity index (χ0) is 12.3. The molecule has 0 atom stereocenters. The number of ether oxygens (including phenoxy) is 1. The minimum atomic E-state index is -0.154. The van der Waals surface area contributed by atoms with Crippen molar-refractivity contribution in [1.29, 1.82) is 0 Å². The minimum Gasteiger partial charge on any atom is -0.383 e. The second-order valence-electron chi connectivity index (χ2n) is 4.80. The van der Waals surface area contributed by atoms with Crippen LogP contribution in [0.5, 0.6) is 0 Å². The topological polar surface area (TPSA) is 48.1 Å². The van der Waals surface area contributed by atoms with Crippen LogP contribution in [0.25, 0.3) is 0 Å². The summed E-state index contributed by atoms with van der Waals surface area (Å²) in [6.07, 6.45) is 7.28. The summed E-state index contributed by atoms with van der Waals surface area (Å²) >= 11 is 1.71. The Morgan fingerprint density at radius 2 is 1.94 bits per heavy atom. The Morgan fingerprint density at radius 1 is 1.29 bits per heavy atom. The van der Waals surface area contributed by atoms with Crippen molar-refractivity contribution in [3.05, 3.63) is 9.88 Å². The molecule has 1 aliphatic carbocycles. The van der Waals surface area contributed by atoms with Crippen molar-refractivity contribution in [2.45, 2.75) is 58.0 Å². The molecule has 0 amide bonds. The maximum atomic E-state index is 6.10. The first-order valence-electron chi connectivity index (χ1n) is 6.55. The summed E-state index contributed by atoms with van der Waals surface area (Å²) in [5, 5.41) is 1.09. The van der Waals surface area contributed by atoms with Gasteiger partial charge in [-0.2, -0.15) is 0 Å². The molecule has 0 bridgehead atoms. The largest absolute Gasteiger partial charge is 0.383 e. The highest BCUT2D eigenvalue weighted by molar-refractivity contribution is 7.12. The van der Waals surface area contributed by atoms with Gasteiger partial charge in [-0.1, -0.05) is 25.7 Å². The average Bonchev–Trinajstić information content (AvgIpc) is 2.55. The van der Waals surface area contributed by atoms with Crippen molar-refractivity contribution in [1.82, 2.24) is 4.98 Å². The van der Waals surface area contributed by atoms with E-state index < -0.39 is 0 Å². The second kappa shape index (κ2) is 5.36. The number of aromatic nitrogens is 1. The average molecular weight is 254 g/mol. The first kappa shape index (κ1) is 12.8. The molecule has 2 N–H and O–H groups in total. The van der Waals surface area contributed by atoms with Crippen LogP contribution in [0.2, 0.25) is 0 Å². The van der Waals surface area contributed by atoms with Gasteiger partial charge in [0.05, 0.1) is 0 Å². The van der Waals surface area contributed by atoms with Crippen LogP contribution in [0.3, 0.4) is 0 Å². The van der Waals surface area contributed by atoms with Gasteiger partial charge in [0.2, 0.25) is 0 Å². The molecule has 1 aliphatic rings. The van der Waals surface area contributed by atoms with Crippen LogP contribution in [-0.2, 0) is 10.3 Å². The lowest BCUT2D eigenvalue weighted by Crippen LogP contribution is -2.29. The highest BCUT2D eigenvalue weighted by Gasteiger charge is 2.36. The van der Waals surface area contributed by atoms with Crippen LogP contribution in [0, 0.1) is 6.92 Å². The highest BCUT2D eigenvalue weighted by atomic mass is 32.1. The van der Waals surface area contributed by atoms with Crippen LogP contribution in [0.1, 0.15) is 55.3 Å². The van der Waals surface area contributed by atoms with Crippen LogP contribution in [0.4, 0.5) is 5.82 Å². The smallest absolute Gasteiger partial charge is 0.137 e. The number of nitrogens with zero attached hydrogens (tertiary/aromatic N) is 1. The summed E-state index contributed by atoms with van der Waals surface area (Å²) in [5.74, 6) is 0.674. The van der Waals surface area contributed by atoms with E-state index in [4.69, 9.17) is 10.5 Å². The summed E-state index contributed by atoms with van der Waals surface area (Å²) in [5.41, 5.74) is 5.73. The molecule has 1 saturated carbocycles. The Labute approximate surface area is 107 Å². The molecule has 4 heteroatoms. The molecule has 0 spiro atoms. The molecule has 0 radical (unpaired) electrons. The van der Waals surface area contributed by atoms with Gasteiger partial charge in [-0.05, 0) is 26.7 Å². The molecule has 0 aliphatic heterocycles. The van der Waals surface area contributed by atoms with Gasteiger partial charge in [-0.15, -0.1) is 11.3 Å². The molecule has 1 aromatic rings. The Bertz CT molecular complexity index is 348. The van der Waals surface area contributed by atoms with Crippen molar-refractivity contribution in [3.63, 3.8) is 0 Å². The summed E-state index contributed by atoms with van der Waals surface area (Å²) in [6.45, 7) is 4.85. The van der Waals surface area contributed by atoms with Gasteiger partial charge in [0, 0.05) is 11.5 Å².